The van der Waals surface area contributed by atoms with Gasteiger partial charge in [-0.15, -0.1) is 6.42 Å². The van der Waals surface area contributed by atoms with Crippen LogP contribution in [0.3, 0.4) is 0 Å². The van der Waals surface area contributed by atoms with Crippen LogP contribution >= 0.6 is 0 Å². The lowest BCUT2D eigenvalue weighted by Crippen LogP contribution is -2.42. The molecule has 3 N–H and O–H groups in total. The number of amides is 2. The molecule has 1 aliphatic carbocycles. The fraction of sp³-hybridized carbons (Fsp3) is 0.261. The lowest BCUT2D eigenvalue weighted by atomic mass is 9.98. The van der Waals surface area contributed by atoms with E-state index in [-0.39, 0.29) is 37.8 Å². The van der Waals surface area contributed by atoms with Gasteiger partial charge in [0.1, 0.15) is 12.6 Å². The summed E-state index contributed by atoms with van der Waals surface area (Å²) in [5.74, 6) is 0.513. The van der Waals surface area contributed by atoms with E-state index in [4.69, 9.17) is 11.2 Å². The summed E-state index contributed by atoms with van der Waals surface area (Å²) in [5, 5.41) is 14.1. The molecule has 1 atom stereocenters. The number of aliphatic carboxylic acids is 1. The van der Waals surface area contributed by atoms with Gasteiger partial charge in [0, 0.05) is 12.3 Å². The molecule has 3 rings (SSSR count). The zero-order valence-corrected chi connectivity index (χ0v) is 16.3. The lowest BCUT2D eigenvalue weighted by Gasteiger charge is -2.17. The minimum Gasteiger partial charge on any atom is -0.480 e. The molecule has 2 aromatic carbocycles. The number of terminal acetylenes is 1. The zero-order chi connectivity index (χ0) is 21.5. The Balaban J connectivity index is 1.59. The molecule has 0 heterocycles. The van der Waals surface area contributed by atoms with Gasteiger partial charge in [0.05, 0.1) is 6.54 Å². The number of carbonyl (C=O) groups is 3. The highest BCUT2D eigenvalue weighted by atomic mass is 16.5. The van der Waals surface area contributed by atoms with Gasteiger partial charge in [0.15, 0.2) is 0 Å². The number of carboxylic acid groups (broad SMARTS) is 1. The largest absolute Gasteiger partial charge is 0.480 e. The summed E-state index contributed by atoms with van der Waals surface area (Å²) in [5.41, 5.74) is 4.32. The van der Waals surface area contributed by atoms with Gasteiger partial charge in [0.25, 0.3) is 0 Å². The molecule has 0 saturated carbocycles. The first kappa shape index (κ1) is 20.9. The second kappa shape index (κ2) is 9.61. The Labute approximate surface area is 174 Å². The molecular formula is C23H22N2O5. The van der Waals surface area contributed by atoms with Crippen molar-refractivity contribution < 1.29 is 24.2 Å². The molecule has 1 unspecified atom stereocenters. The average Bonchev–Trinajstić information content (AvgIpc) is 3.07. The van der Waals surface area contributed by atoms with E-state index < -0.39 is 18.1 Å². The fourth-order valence-electron chi connectivity index (χ4n) is 3.55. The van der Waals surface area contributed by atoms with Gasteiger partial charge in [-0.25, -0.2) is 9.59 Å². The second-order valence-corrected chi connectivity index (χ2v) is 6.88. The van der Waals surface area contributed by atoms with Crippen LogP contribution in [0.5, 0.6) is 0 Å². The number of alkyl carbamates (subject to hydrolysis) is 1. The number of carboxylic acids is 1. The molecule has 7 heteroatoms. The van der Waals surface area contributed by atoms with Crippen molar-refractivity contribution in [1.29, 1.82) is 0 Å². The van der Waals surface area contributed by atoms with Gasteiger partial charge in [-0.3, -0.25) is 4.79 Å². The van der Waals surface area contributed by atoms with Gasteiger partial charge in [-0.05, 0) is 28.7 Å². The Morgan fingerprint density at radius 3 is 2.23 bits per heavy atom. The Kier molecular flexibility index (Phi) is 6.71. The minimum atomic E-state index is -1.24. The van der Waals surface area contributed by atoms with Gasteiger partial charge < -0.3 is 20.5 Å². The predicted molar refractivity (Wildman–Crippen MR) is 111 cm³/mol. The Morgan fingerprint density at radius 2 is 1.67 bits per heavy atom. The second-order valence-electron chi connectivity index (χ2n) is 6.88. The van der Waals surface area contributed by atoms with Gasteiger partial charge in [-0.1, -0.05) is 54.5 Å². The van der Waals surface area contributed by atoms with E-state index in [1.165, 1.54) is 0 Å². The molecule has 0 bridgehead atoms. The summed E-state index contributed by atoms with van der Waals surface area (Å²) in [6.45, 7) is 0.144. The van der Waals surface area contributed by atoms with Crippen molar-refractivity contribution in [2.45, 2.75) is 24.8 Å². The lowest BCUT2D eigenvalue weighted by molar-refractivity contribution is -0.139. The highest BCUT2D eigenvalue weighted by Gasteiger charge is 2.29. The third kappa shape index (κ3) is 4.78. The number of rotatable bonds is 8. The summed E-state index contributed by atoms with van der Waals surface area (Å²) < 4.78 is 5.35. The number of benzene rings is 2. The topological polar surface area (TPSA) is 105 Å². The molecule has 0 aromatic heterocycles. The van der Waals surface area contributed by atoms with Crippen molar-refractivity contribution in [1.82, 2.24) is 10.6 Å². The average molecular weight is 406 g/mol. The van der Waals surface area contributed by atoms with Gasteiger partial charge >= 0.3 is 12.1 Å². The third-order valence-electron chi connectivity index (χ3n) is 4.98. The molecule has 7 nitrogen and oxygen atoms in total. The summed E-state index contributed by atoms with van der Waals surface area (Å²) in [6.07, 6.45) is 4.07. The smallest absolute Gasteiger partial charge is 0.407 e. The maximum Gasteiger partial charge on any atom is 0.407 e. The first-order chi connectivity index (χ1) is 14.5. The molecule has 30 heavy (non-hydrogen) atoms. The summed E-state index contributed by atoms with van der Waals surface area (Å²) >= 11 is 0. The molecule has 0 fully saturated rings. The van der Waals surface area contributed by atoms with E-state index in [1.54, 1.807) is 0 Å². The van der Waals surface area contributed by atoms with E-state index in [0.29, 0.717) is 0 Å². The van der Waals surface area contributed by atoms with Crippen LogP contribution in [0.2, 0.25) is 0 Å². The van der Waals surface area contributed by atoms with E-state index in [9.17, 15) is 19.5 Å². The molecule has 0 aliphatic heterocycles. The SMILES string of the molecule is C#CCNC(=O)CCC(NC(=O)OCC1c2ccccc2-c2ccccc21)C(=O)O. The zero-order valence-electron chi connectivity index (χ0n) is 16.3. The van der Waals surface area contributed by atoms with Crippen molar-refractivity contribution in [2.24, 2.45) is 0 Å². The van der Waals surface area contributed by atoms with E-state index in [2.05, 4.69) is 16.6 Å². The third-order valence-corrected chi connectivity index (χ3v) is 4.98. The first-order valence-corrected chi connectivity index (χ1v) is 9.55. The Hall–Kier alpha value is -3.79. The van der Waals surface area contributed by atoms with Crippen LogP contribution in [0.1, 0.15) is 29.9 Å². The van der Waals surface area contributed by atoms with Crippen molar-refractivity contribution in [3.05, 3.63) is 59.7 Å². The van der Waals surface area contributed by atoms with E-state index in [1.807, 2.05) is 48.5 Å². The highest BCUT2D eigenvalue weighted by molar-refractivity contribution is 5.82. The van der Waals surface area contributed by atoms with Crippen LogP contribution < -0.4 is 10.6 Å². The fourth-order valence-corrected chi connectivity index (χ4v) is 3.55. The van der Waals surface area contributed by atoms with E-state index >= 15 is 0 Å². The summed E-state index contributed by atoms with van der Waals surface area (Å²) in [7, 11) is 0. The molecule has 0 radical (unpaired) electrons. The maximum absolute atomic E-state index is 12.2. The molecule has 2 amide bonds. The number of fused-ring (bicyclic) bond motifs is 3. The molecule has 2 aromatic rings. The number of nitrogens with one attached hydrogen (secondary N) is 2. The summed E-state index contributed by atoms with van der Waals surface area (Å²) in [6, 6.07) is 14.6. The van der Waals surface area contributed by atoms with Crippen LogP contribution in [0, 0.1) is 12.3 Å². The number of hydrogen-bond acceptors (Lipinski definition) is 4. The van der Waals surface area contributed by atoms with Crippen LogP contribution in [0.25, 0.3) is 11.1 Å². The Morgan fingerprint density at radius 1 is 1.07 bits per heavy atom. The quantitative estimate of drug-likeness (QED) is 0.585. The van der Waals surface area contributed by atoms with Gasteiger partial charge in [0.2, 0.25) is 5.91 Å². The molecule has 1 aliphatic rings. The maximum atomic E-state index is 12.2. The van der Waals surface area contributed by atoms with E-state index in [0.717, 1.165) is 22.3 Å². The molecule has 0 spiro atoms. The van der Waals surface area contributed by atoms with Crippen LogP contribution in [0.15, 0.2) is 48.5 Å². The first-order valence-electron chi connectivity index (χ1n) is 9.55. The van der Waals surface area contributed by atoms with Crippen LogP contribution in [0.4, 0.5) is 4.79 Å². The molecule has 0 saturated heterocycles. The number of carbonyl (C=O) groups excluding carboxylic acids is 2. The van der Waals surface area contributed by atoms with Crippen molar-refractivity contribution >= 4 is 18.0 Å². The number of hydrogen-bond donors (Lipinski definition) is 3. The van der Waals surface area contributed by atoms with Crippen molar-refractivity contribution in [2.75, 3.05) is 13.2 Å². The normalized spacial score (nSPS) is 12.8. The predicted octanol–water partition coefficient (Wildman–Crippen LogP) is 2.51. The summed E-state index contributed by atoms with van der Waals surface area (Å²) in [4.78, 5) is 35.3. The van der Waals surface area contributed by atoms with Crippen molar-refractivity contribution in [3.63, 3.8) is 0 Å². The standard InChI is InChI=1S/C23H22N2O5/c1-2-13-24-21(26)12-11-20(22(27)28)25-23(29)30-14-19-17-9-5-3-7-15(17)16-8-4-6-10-18(16)19/h1,3-10,19-20H,11-14H2,(H,24,26)(H,25,29)(H,27,28). The minimum absolute atomic E-state index is 0.0659. The molecule has 154 valence electrons. The van der Waals surface area contributed by atoms with Crippen LogP contribution in [-0.4, -0.2) is 42.3 Å². The Bertz CT molecular complexity index is 950. The molecular weight excluding hydrogens is 384 g/mol. The monoisotopic (exact) mass is 406 g/mol. The van der Waals surface area contributed by atoms with Crippen LogP contribution in [-0.2, 0) is 14.3 Å². The number of ether oxygens (including phenoxy) is 1. The van der Waals surface area contributed by atoms with Crippen molar-refractivity contribution in [3.8, 4) is 23.5 Å². The highest BCUT2D eigenvalue weighted by Crippen LogP contribution is 2.44. The van der Waals surface area contributed by atoms with Gasteiger partial charge in [-0.2, -0.15) is 0 Å².